The molecule has 0 aliphatic carbocycles. The summed E-state index contributed by atoms with van der Waals surface area (Å²) in [5.74, 6) is -1.32. The lowest BCUT2D eigenvalue weighted by atomic mass is 9.99. The zero-order chi connectivity index (χ0) is 14.3. The lowest BCUT2D eigenvalue weighted by Crippen LogP contribution is -2.47. The van der Waals surface area contributed by atoms with Gasteiger partial charge in [0.25, 0.3) is 0 Å². The standard InChI is InChI=1S/C14H21F2NO2/c1-3-7-17-14(2,10-18)6-8-19-13-5-4-11(15)9-12(13)16/h4-5,9,17-18H,3,6-8,10H2,1-2H3. The number of benzene rings is 1. The summed E-state index contributed by atoms with van der Waals surface area (Å²) >= 11 is 0. The first kappa shape index (κ1) is 15.9. The quantitative estimate of drug-likeness (QED) is 0.764. The Morgan fingerprint density at radius 2 is 2.11 bits per heavy atom. The molecule has 0 spiro atoms. The minimum Gasteiger partial charge on any atom is -0.490 e. The van der Waals surface area contributed by atoms with Crippen LogP contribution in [0.2, 0.25) is 0 Å². The van der Waals surface area contributed by atoms with Crippen molar-refractivity contribution in [2.24, 2.45) is 0 Å². The van der Waals surface area contributed by atoms with Crippen LogP contribution in [-0.4, -0.2) is 30.4 Å². The molecule has 108 valence electrons. The second-order valence-corrected chi connectivity index (χ2v) is 4.82. The second-order valence-electron chi connectivity index (χ2n) is 4.82. The summed E-state index contributed by atoms with van der Waals surface area (Å²) in [6, 6.07) is 3.20. The van der Waals surface area contributed by atoms with Crippen LogP contribution in [0, 0.1) is 11.6 Å². The maximum atomic E-state index is 13.3. The van der Waals surface area contributed by atoms with Gasteiger partial charge < -0.3 is 15.2 Å². The van der Waals surface area contributed by atoms with Crippen molar-refractivity contribution >= 4 is 0 Å². The molecular formula is C14H21F2NO2. The lowest BCUT2D eigenvalue weighted by Gasteiger charge is -2.28. The monoisotopic (exact) mass is 273 g/mol. The Balaban J connectivity index is 2.47. The molecule has 1 unspecified atom stereocenters. The van der Waals surface area contributed by atoms with Gasteiger partial charge in [-0.05, 0) is 32.0 Å². The van der Waals surface area contributed by atoms with Crippen molar-refractivity contribution in [2.45, 2.75) is 32.2 Å². The highest BCUT2D eigenvalue weighted by molar-refractivity contribution is 5.24. The zero-order valence-corrected chi connectivity index (χ0v) is 11.4. The van der Waals surface area contributed by atoms with Crippen molar-refractivity contribution < 1.29 is 18.6 Å². The third-order valence-corrected chi connectivity index (χ3v) is 2.96. The Morgan fingerprint density at radius 3 is 2.68 bits per heavy atom. The average molecular weight is 273 g/mol. The molecule has 0 saturated heterocycles. The van der Waals surface area contributed by atoms with Gasteiger partial charge in [-0.2, -0.15) is 0 Å². The highest BCUT2D eigenvalue weighted by Gasteiger charge is 2.22. The summed E-state index contributed by atoms with van der Waals surface area (Å²) in [7, 11) is 0. The normalized spacial score (nSPS) is 14.2. The van der Waals surface area contributed by atoms with Crippen LogP contribution in [0.5, 0.6) is 5.75 Å². The van der Waals surface area contributed by atoms with E-state index in [1.165, 1.54) is 6.07 Å². The van der Waals surface area contributed by atoms with E-state index in [2.05, 4.69) is 5.32 Å². The van der Waals surface area contributed by atoms with E-state index < -0.39 is 17.2 Å². The van der Waals surface area contributed by atoms with Crippen LogP contribution in [-0.2, 0) is 0 Å². The number of rotatable bonds is 8. The molecular weight excluding hydrogens is 252 g/mol. The molecule has 0 amide bonds. The number of hydrogen-bond acceptors (Lipinski definition) is 3. The van der Waals surface area contributed by atoms with Gasteiger partial charge in [-0.3, -0.25) is 0 Å². The Morgan fingerprint density at radius 1 is 1.37 bits per heavy atom. The number of aliphatic hydroxyl groups is 1. The number of aliphatic hydroxyl groups excluding tert-OH is 1. The summed E-state index contributed by atoms with van der Waals surface area (Å²) < 4.78 is 31.3. The molecule has 0 saturated carbocycles. The van der Waals surface area contributed by atoms with Crippen LogP contribution < -0.4 is 10.1 Å². The summed E-state index contributed by atoms with van der Waals surface area (Å²) in [6.45, 7) is 4.93. The molecule has 0 aliphatic heterocycles. The van der Waals surface area contributed by atoms with Crippen molar-refractivity contribution in [3.8, 4) is 5.75 Å². The molecule has 0 bridgehead atoms. The highest BCUT2D eigenvalue weighted by atomic mass is 19.1. The molecule has 1 rings (SSSR count). The van der Waals surface area contributed by atoms with E-state index in [9.17, 15) is 13.9 Å². The molecule has 3 nitrogen and oxygen atoms in total. The Kier molecular flexibility index (Phi) is 6.18. The Labute approximate surface area is 112 Å². The number of ether oxygens (including phenoxy) is 1. The molecule has 1 aromatic rings. The van der Waals surface area contributed by atoms with Gasteiger partial charge in [-0.15, -0.1) is 0 Å². The van der Waals surface area contributed by atoms with E-state index in [1.807, 2.05) is 13.8 Å². The van der Waals surface area contributed by atoms with E-state index in [1.54, 1.807) is 0 Å². The molecule has 0 aliphatic rings. The second kappa shape index (κ2) is 7.40. The maximum Gasteiger partial charge on any atom is 0.167 e. The summed E-state index contributed by atoms with van der Waals surface area (Å²) in [5.41, 5.74) is -0.452. The molecule has 19 heavy (non-hydrogen) atoms. The SMILES string of the molecule is CCCNC(C)(CO)CCOc1ccc(F)cc1F. The van der Waals surface area contributed by atoms with E-state index >= 15 is 0 Å². The third-order valence-electron chi connectivity index (χ3n) is 2.96. The van der Waals surface area contributed by atoms with Crippen molar-refractivity contribution in [3.05, 3.63) is 29.8 Å². The van der Waals surface area contributed by atoms with Crippen molar-refractivity contribution in [1.82, 2.24) is 5.32 Å². The molecule has 2 N–H and O–H groups in total. The predicted octanol–water partition coefficient (Wildman–Crippen LogP) is 2.48. The van der Waals surface area contributed by atoms with Crippen molar-refractivity contribution in [3.63, 3.8) is 0 Å². The molecule has 1 aromatic carbocycles. The third kappa shape index (κ3) is 5.12. The van der Waals surface area contributed by atoms with Crippen LogP contribution in [0.3, 0.4) is 0 Å². The average Bonchev–Trinajstić information content (AvgIpc) is 2.39. The zero-order valence-electron chi connectivity index (χ0n) is 11.4. The van der Waals surface area contributed by atoms with Gasteiger partial charge in [-0.1, -0.05) is 6.92 Å². The maximum absolute atomic E-state index is 13.3. The van der Waals surface area contributed by atoms with E-state index in [4.69, 9.17) is 4.74 Å². The van der Waals surface area contributed by atoms with Gasteiger partial charge in [0, 0.05) is 18.0 Å². The van der Waals surface area contributed by atoms with Gasteiger partial charge in [0.05, 0.1) is 13.2 Å². The Bertz CT molecular complexity index is 401. The van der Waals surface area contributed by atoms with Crippen molar-refractivity contribution in [1.29, 1.82) is 0 Å². The van der Waals surface area contributed by atoms with E-state index in [-0.39, 0.29) is 19.0 Å². The summed E-state index contributed by atoms with van der Waals surface area (Å²) in [5, 5.41) is 12.6. The fraction of sp³-hybridized carbons (Fsp3) is 0.571. The summed E-state index contributed by atoms with van der Waals surface area (Å²) in [6.07, 6.45) is 1.49. The van der Waals surface area contributed by atoms with Gasteiger partial charge >= 0.3 is 0 Å². The Hall–Kier alpha value is -1.20. The molecule has 1 atom stereocenters. The molecule has 0 heterocycles. The van der Waals surface area contributed by atoms with Crippen molar-refractivity contribution in [2.75, 3.05) is 19.8 Å². The molecule has 0 fully saturated rings. The van der Waals surface area contributed by atoms with Crippen LogP contribution in [0.1, 0.15) is 26.7 Å². The first-order chi connectivity index (χ1) is 9.00. The smallest absolute Gasteiger partial charge is 0.167 e. The fourth-order valence-electron chi connectivity index (χ4n) is 1.63. The first-order valence-corrected chi connectivity index (χ1v) is 6.44. The molecule has 0 radical (unpaired) electrons. The van der Waals surface area contributed by atoms with Crippen LogP contribution in [0.25, 0.3) is 0 Å². The van der Waals surface area contributed by atoms with Crippen LogP contribution in [0.15, 0.2) is 18.2 Å². The highest BCUT2D eigenvalue weighted by Crippen LogP contribution is 2.19. The number of halogens is 2. The molecule has 5 heteroatoms. The molecule has 0 aromatic heterocycles. The van der Waals surface area contributed by atoms with Crippen LogP contribution >= 0.6 is 0 Å². The number of hydrogen-bond donors (Lipinski definition) is 2. The number of nitrogens with one attached hydrogen (secondary N) is 1. The van der Waals surface area contributed by atoms with Gasteiger partial charge in [0.15, 0.2) is 11.6 Å². The van der Waals surface area contributed by atoms with Gasteiger partial charge in [0.1, 0.15) is 5.82 Å². The topological polar surface area (TPSA) is 41.5 Å². The van der Waals surface area contributed by atoms with Crippen LogP contribution in [0.4, 0.5) is 8.78 Å². The van der Waals surface area contributed by atoms with E-state index in [0.29, 0.717) is 6.42 Å². The summed E-state index contributed by atoms with van der Waals surface area (Å²) in [4.78, 5) is 0. The van der Waals surface area contributed by atoms with E-state index in [0.717, 1.165) is 25.1 Å². The fourth-order valence-corrected chi connectivity index (χ4v) is 1.63. The minimum absolute atomic E-state index is 0.0252. The predicted molar refractivity (Wildman–Crippen MR) is 70.3 cm³/mol. The largest absolute Gasteiger partial charge is 0.490 e. The van der Waals surface area contributed by atoms with Gasteiger partial charge in [-0.25, -0.2) is 8.78 Å². The van der Waals surface area contributed by atoms with Gasteiger partial charge in [0.2, 0.25) is 0 Å². The minimum atomic E-state index is -0.716. The lowest BCUT2D eigenvalue weighted by molar-refractivity contribution is 0.143. The first-order valence-electron chi connectivity index (χ1n) is 6.44.